The fourth-order valence-corrected chi connectivity index (χ4v) is 8.60. The van der Waals surface area contributed by atoms with Gasteiger partial charge >= 0.3 is 0 Å². The van der Waals surface area contributed by atoms with Crippen molar-refractivity contribution in [3.05, 3.63) is 126 Å². The second-order valence-corrected chi connectivity index (χ2v) is 13.4. The molecule has 0 aromatic heterocycles. The van der Waals surface area contributed by atoms with Gasteiger partial charge in [0.15, 0.2) is 0 Å². The molecule has 0 bridgehead atoms. The van der Waals surface area contributed by atoms with Gasteiger partial charge in [0.25, 0.3) is 5.91 Å². The highest BCUT2D eigenvalue weighted by molar-refractivity contribution is 7.80. The minimum atomic E-state index is -0.954. The van der Waals surface area contributed by atoms with E-state index in [1.54, 1.807) is 0 Å². The van der Waals surface area contributed by atoms with Crippen molar-refractivity contribution in [2.45, 2.75) is 39.7 Å². The number of hydrogen-bond donors (Lipinski definition) is 1. The zero-order valence-electron chi connectivity index (χ0n) is 23.5. The standard InChI is InChI=1S/C36H38NO2P/c1-25(2)30-24-23-26(3)33(35(30)38)34(27-15-7-4-8-16-27)37-36(39)31-21-13-14-22-32(31)40(28-17-9-5-10-18-28)29-19-11-6-12-20-29/h4-22,25-26,30,33-34H,23-24H2,1-3H3,(H,37,39)/t26-,30-,33-,34+/m1/s1. The molecule has 3 nitrogen and oxygen atoms in total. The molecule has 40 heavy (non-hydrogen) atoms. The van der Waals surface area contributed by atoms with Crippen LogP contribution in [0.4, 0.5) is 0 Å². The molecule has 0 aliphatic heterocycles. The van der Waals surface area contributed by atoms with E-state index in [0.29, 0.717) is 5.56 Å². The van der Waals surface area contributed by atoms with E-state index in [1.165, 1.54) is 10.6 Å². The van der Waals surface area contributed by atoms with Crippen molar-refractivity contribution in [2.75, 3.05) is 0 Å². The number of amides is 1. The van der Waals surface area contributed by atoms with Gasteiger partial charge in [0.1, 0.15) is 5.78 Å². The first kappa shape index (κ1) is 28.0. The van der Waals surface area contributed by atoms with Crippen LogP contribution >= 0.6 is 7.92 Å². The van der Waals surface area contributed by atoms with Gasteiger partial charge in [0, 0.05) is 17.4 Å². The third-order valence-corrected chi connectivity index (χ3v) is 10.8. The monoisotopic (exact) mass is 547 g/mol. The number of nitrogens with one attached hydrogen (secondary N) is 1. The Bertz CT molecular complexity index is 1380. The summed E-state index contributed by atoms with van der Waals surface area (Å²) in [4.78, 5) is 28.2. The lowest BCUT2D eigenvalue weighted by atomic mass is 9.66. The van der Waals surface area contributed by atoms with E-state index in [0.717, 1.165) is 23.7 Å². The van der Waals surface area contributed by atoms with Crippen LogP contribution in [0.15, 0.2) is 115 Å². The average Bonchev–Trinajstić information content (AvgIpc) is 2.98. The highest BCUT2D eigenvalue weighted by Crippen LogP contribution is 2.41. The first-order chi connectivity index (χ1) is 19.5. The van der Waals surface area contributed by atoms with Crippen molar-refractivity contribution >= 4 is 35.5 Å². The summed E-state index contributed by atoms with van der Waals surface area (Å²) in [6.45, 7) is 6.44. The van der Waals surface area contributed by atoms with Crippen molar-refractivity contribution in [3.63, 3.8) is 0 Å². The molecule has 1 aliphatic rings. The van der Waals surface area contributed by atoms with E-state index < -0.39 is 7.92 Å². The van der Waals surface area contributed by atoms with Gasteiger partial charge in [-0.1, -0.05) is 130 Å². The van der Waals surface area contributed by atoms with E-state index in [4.69, 9.17) is 0 Å². The molecule has 4 aromatic carbocycles. The quantitative estimate of drug-likeness (QED) is 0.247. The fourth-order valence-electron chi connectivity index (χ4n) is 6.15. The van der Waals surface area contributed by atoms with Gasteiger partial charge in [-0.05, 0) is 60.1 Å². The van der Waals surface area contributed by atoms with Gasteiger partial charge in [-0.3, -0.25) is 9.59 Å². The van der Waals surface area contributed by atoms with Gasteiger partial charge in [0.05, 0.1) is 6.04 Å². The molecule has 1 aliphatic carbocycles. The number of Topliss-reactive ketones (excluding diaryl/α,β-unsaturated/α-hetero) is 1. The molecule has 4 aromatic rings. The molecule has 1 fully saturated rings. The molecule has 4 heteroatoms. The average molecular weight is 548 g/mol. The second kappa shape index (κ2) is 12.7. The van der Waals surface area contributed by atoms with Crippen molar-refractivity contribution < 1.29 is 9.59 Å². The molecule has 4 atom stereocenters. The van der Waals surface area contributed by atoms with Crippen LogP contribution in [-0.4, -0.2) is 11.7 Å². The van der Waals surface area contributed by atoms with E-state index in [-0.39, 0.29) is 41.4 Å². The Hall–Kier alpha value is -3.55. The molecule has 0 spiro atoms. The van der Waals surface area contributed by atoms with E-state index in [9.17, 15) is 9.59 Å². The Balaban J connectivity index is 1.56. The molecule has 204 valence electrons. The van der Waals surface area contributed by atoms with Crippen LogP contribution in [0.3, 0.4) is 0 Å². The van der Waals surface area contributed by atoms with Crippen LogP contribution in [0.1, 0.15) is 55.6 Å². The molecular formula is C36H38NO2P. The first-order valence-corrected chi connectivity index (χ1v) is 15.7. The minimum absolute atomic E-state index is 0.0283. The minimum Gasteiger partial charge on any atom is -0.344 e. The van der Waals surface area contributed by atoms with Crippen molar-refractivity contribution in [2.24, 2.45) is 23.7 Å². The van der Waals surface area contributed by atoms with E-state index in [1.807, 2.05) is 60.7 Å². The maximum Gasteiger partial charge on any atom is 0.252 e. The van der Waals surface area contributed by atoms with Crippen LogP contribution in [0.5, 0.6) is 0 Å². The Morgan fingerprint density at radius 3 is 1.85 bits per heavy atom. The molecule has 0 heterocycles. The molecule has 0 radical (unpaired) electrons. The maximum absolute atomic E-state index is 14.3. The van der Waals surface area contributed by atoms with Gasteiger partial charge < -0.3 is 5.32 Å². The molecule has 1 N–H and O–H groups in total. The number of rotatable bonds is 8. The molecule has 0 unspecified atom stereocenters. The number of benzene rings is 4. The molecule has 1 amide bonds. The topological polar surface area (TPSA) is 46.2 Å². The Morgan fingerprint density at radius 2 is 1.27 bits per heavy atom. The lowest BCUT2D eigenvalue weighted by Crippen LogP contribution is -2.46. The summed E-state index contributed by atoms with van der Waals surface area (Å²) < 4.78 is 0. The summed E-state index contributed by atoms with van der Waals surface area (Å²) in [7, 11) is -0.954. The maximum atomic E-state index is 14.3. The predicted molar refractivity (Wildman–Crippen MR) is 167 cm³/mol. The third kappa shape index (κ3) is 5.96. The Morgan fingerprint density at radius 1 is 0.750 bits per heavy atom. The second-order valence-electron chi connectivity index (χ2n) is 11.2. The highest BCUT2D eigenvalue weighted by atomic mass is 31.1. The van der Waals surface area contributed by atoms with Crippen LogP contribution in [-0.2, 0) is 4.79 Å². The molecule has 1 saturated carbocycles. The number of carbonyl (C=O) groups excluding carboxylic acids is 2. The summed E-state index contributed by atoms with van der Waals surface area (Å²) >= 11 is 0. The molecule has 5 rings (SSSR count). The van der Waals surface area contributed by atoms with Gasteiger partial charge in [-0.15, -0.1) is 0 Å². The SMILES string of the molecule is CC(C)[C@H]1CC[C@@H](C)[C@H]([C@@H](NC(=O)c2ccccc2P(c2ccccc2)c2ccccc2)c2ccccc2)C1=O. The summed E-state index contributed by atoms with van der Waals surface area (Å²) in [5, 5.41) is 6.79. The van der Waals surface area contributed by atoms with E-state index in [2.05, 4.69) is 80.7 Å². The molecular weight excluding hydrogens is 509 g/mol. The third-order valence-electron chi connectivity index (χ3n) is 8.27. The molecule has 0 saturated heterocycles. The van der Waals surface area contributed by atoms with Gasteiger partial charge in [-0.25, -0.2) is 0 Å². The van der Waals surface area contributed by atoms with Gasteiger partial charge in [-0.2, -0.15) is 0 Å². The summed E-state index contributed by atoms with van der Waals surface area (Å²) in [6, 6.07) is 38.5. The number of hydrogen-bond acceptors (Lipinski definition) is 2. The smallest absolute Gasteiger partial charge is 0.252 e. The van der Waals surface area contributed by atoms with Crippen molar-refractivity contribution in [3.8, 4) is 0 Å². The number of carbonyl (C=O) groups is 2. The normalized spacial score (nSPS) is 19.9. The Labute approximate surface area is 239 Å². The van der Waals surface area contributed by atoms with Crippen molar-refractivity contribution in [1.29, 1.82) is 0 Å². The fraction of sp³-hybridized carbons (Fsp3) is 0.278. The van der Waals surface area contributed by atoms with Gasteiger partial charge in [0.2, 0.25) is 0 Å². The van der Waals surface area contributed by atoms with Crippen LogP contribution in [0.25, 0.3) is 0 Å². The summed E-state index contributed by atoms with van der Waals surface area (Å²) in [5.74, 6) is 0.400. The van der Waals surface area contributed by atoms with Crippen LogP contribution in [0.2, 0.25) is 0 Å². The summed E-state index contributed by atoms with van der Waals surface area (Å²) in [5.41, 5.74) is 1.65. The Kier molecular flexibility index (Phi) is 8.92. The van der Waals surface area contributed by atoms with Crippen LogP contribution < -0.4 is 21.2 Å². The number of ketones is 1. The highest BCUT2D eigenvalue weighted by Gasteiger charge is 2.42. The zero-order valence-corrected chi connectivity index (χ0v) is 24.4. The first-order valence-electron chi connectivity index (χ1n) is 14.3. The van der Waals surface area contributed by atoms with Crippen molar-refractivity contribution in [1.82, 2.24) is 5.32 Å². The lowest BCUT2D eigenvalue weighted by molar-refractivity contribution is -0.134. The predicted octanol–water partition coefficient (Wildman–Crippen LogP) is 6.80. The van der Waals surface area contributed by atoms with E-state index >= 15 is 0 Å². The van der Waals surface area contributed by atoms with Crippen LogP contribution in [0, 0.1) is 23.7 Å². The lowest BCUT2D eigenvalue weighted by Gasteiger charge is -2.39. The zero-order chi connectivity index (χ0) is 28.1. The summed E-state index contributed by atoms with van der Waals surface area (Å²) in [6.07, 6.45) is 1.91. The largest absolute Gasteiger partial charge is 0.344 e.